The first kappa shape index (κ1) is 99.1. The number of rotatable bonds is 81. The summed E-state index contributed by atoms with van der Waals surface area (Å²) in [6, 6.07) is 0. The number of hydrogen-bond donors (Lipinski definition) is 3. The second-order valence-corrected chi connectivity index (χ2v) is 33.1. The molecule has 0 aliphatic heterocycles. The van der Waals surface area contributed by atoms with Gasteiger partial charge in [-0.3, -0.25) is 37.3 Å². The SMILES string of the molecule is CCCCCCCCCCCCCCCCCCCCCCCC(=O)O[C@H](COC(=O)CCCCCCCCCCCCCCCCCCC)COP(=O)(O)OC[C@@H](O)COP(=O)(O)OC[C@@H](COC(=O)CCCCCCCCCCC(C)C)OC(=O)CCCCCCCCCCC(C)CC. The largest absolute Gasteiger partial charge is 0.472 e. The molecule has 0 fully saturated rings. The van der Waals surface area contributed by atoms with Crippen LogP contribution < -0.4 is 0 Å². The molecule has 0 spiro atoms. The Morgan fingerprint density at radius 2 is 0.505 bits per heavy atom. The van der Waals surface area contributed by atoms with E-state index >= 15 is 0 Å². The van der Waals surface area contributed by atoms with E-state index in [0.29, 0.717) is 25.7 Å². The van der Waals surface area contributed by atoms with E-state index in [4.69, 9.17) is 37.0 Å². The van der Waals surface area contributed by atoms with E-state index < -0.39 is 97.5 Å². The lowest BCUT2D eigenvalue weighted by atomic mass is 9.99. The van der Waals surface area contributed by atoms with Gasteiger partial charge in [0.2, 0.25) is 0 Å². The number of carbonyl (C=O) groups is 4. The molecule has 0 rings (SSSR count). The minimum atomic E-state index is -4.96. The molecule has 0 aromatic heterocycles. The predicted octanol–water partition coefficient (Wildman–Crippen LogP) is 24.7. The summed E-state index contributed by atoms with van der Waals surface area (Å²) in [5, 5.41) is 10.6. The smallest absolute Gasteiger partial charge is 0.462 e. The third-order valence-corrected chi connectivity index (χ3v) is 21.5. The summed E-state index contributed by atoms with van der Waals surface area (Å²) in [5.74, 6) is -0.615. The summed E-state index contributed by atoms with van der Waals surface area (Å²) < 4.78 is 68.7. The van der Waals surface area contributed by atoms with Gasteiger partial charge in [-0.1, -0.05) is 382 Å². The predicted molar refractivity (Wildman–Crippen MR) is 414 cm³/mol. The Morgan fingerprint density at radius 3 is 0.752 bits per heavy atom. The maximum Gasteiger partial charge on any atom is 0.472 e. The first-order chi connectivity index (χ1) is 48.9. The number of hydrogen-bond acceptors (Lipinski definition) is 15. The number of phosphoric ester groups is 2. The van der Waals surface area contributed by atoms with Gasteiger partial charge in [-0.15, -0.1) is 0 Å². The van der Waals surface area contributed by atoms with Crippen molar-refractivity contribution in [1.29, 1.82) is 0 Å². The molecule has 3 unspecified atom stereocenters. The van der Waals surface area contributed by atoms with Crippen molar-refractivity contribution in [3.63, 3.8) is 0 Å². The molecule has 0 aromatic carbocycles. The fourth-order valence-corrected chi connectivity index (χ4v) is 14.3. The Bertz CT molecular complexity index is 1940. The van der Waals surface area contributed by atoms with E-state index in [1.165, 1.54) is 250 Å². The van der Waals surface area contributed by atoms with Crippen molar-refractivity contribution >= 4 is 39.5 Å². The van der Waals surface area contributed by atoms with Gasteiger partial charge >= 0.3 is 39.5 Å². The average Bonchev–Trinajstić information content (AvgIpc) is 1.01. The van der Waals surface area contributed by atoms with Crippen molar-refractivity contribution in [2.24, 2.45) is 11.8 Å². The Balaban J connectivity index is 5.23. The molecule has 19 heteroatoms. The number of esters is 4. The Kier molecular flexibility index (Phi) is 72.2. The van der Waals surface area contributed by atoms with Gasteiger partial charge in [0.1, 0.15) is 19.3 Å². The Morgan fingerprint density at radius 1 is 0.287 bits per heavy atom. The van der Waals surface area contributed by atoms with Gasteiger partial charge in [0, 0.05) is 25.7 Å². The average molecular weight is 1480 g/mol. The zero-order valence-electron chi connectivity index (χ0n) is 66.2. The topological polar surface area (TPSA) is 237 Å². The minimum Gasteiger partial charge on any atom is -0.462 e. The zero-order valence-corrected chi connectivity index (χ0v) is 68.0. The fourth-order valence-electron chi connectivity index (χ4n) is 12.7. The number of unbranched alkanes of at least 4 members (excludes halogenated alkanes) is 50. The summed E-state index contributed by atoms with van der Waals surface area (Å²) in [6.07, 6.45) is 64.0. The highest BCUT2D eigenvalue weighted by Gasteiger charge is 2.30. The summed E-state index contributed by atoms with van der Waals surface area (Å²) in [5.41, 5.74) is 0. The van der Waals surface area contributed by atoms with Gasteiger partial charge in [-0.05, 0) is 37.5 Å². The van der Waals surface area contributed by atoms with Crippen LogP contribution in [0.15, 0.2) is 0 Å². The normalized spacial score (nSPS) is 14.2. The van der Waals surface area contributed by atoms with Crippen molar-refractivity contribution in [2.75, 3.05) is 39.6 Å². The lowest BCUT2D eigenvalue weighted by Gasteiger charge is -2.21. The van der Waals surface area contributed by atoms with Crippen molar-refractivity contribution in [3.8, 4) is 0 Å². The quantitative estimate of drug-likeness (QED) is 0.0222. The molecule has 3 N–H and O–H groups in total. The number of aliphatic hydroxyl groups excluding tert-OH is 1. The molecule has 600 valence electrons. The van der Waals surface area contributed by atoms with Crippen LogP contribution in [-0.4, -0.2) is 96.7 Å². The monoisotopic (exact) mass is 1480 g/mol. The van der Waals surface area contributed by atoms with E-state index in [9.17, 15) is 43.2 Å². The maximum atomic E-state index is 13.1. The van der Waals surface area contributed by atoms with Gasteiger partial charge < -0.3 is 33.8 Å². The Labute approximate surface area is 619 Å². The minimum absolute atomic E-state index is 0.105. The fraction of sp³-hybridized carbons (Fsp3) is 0.951. The third kappa shape index (κ3) is 74.7. The van der Waals surface area contributed by atoms with E-state index in [0.717, 1.165) is 102 Å². The van der Waals surface area contributed by atoms with Gasteiger partial charge in [-0.25, -0.2) is 9.13 Å². The van der Waals surface area contributed by atoms with Crippen LogP contribution in [0.2, 0.25) is 0 Å². The molecule has 101 heavy (non-hydrogen) atoms. The molecule has 0 aromatic rings. The molecular formula is C82H160O17P2. The van der Waals surface area contributed by atoms with Gasteiger partial charge in [0.05, 0.1) is 26.4 Å². The van der Waals surface area contributed by atoms with Crippen LogP contribution in [0.3, 0.4) is 0 Å². The summed E-state index contributed by atoms with van der Waals surface area (Å²) >= 11 is 0. The summed E-state index contributed by atoms with van der Waals surface area (Å²) in [6.45, 7) is 9.60. The van der Waals surface area contributed by atoms with Crippen molar-refractivity contribution in [1.82, 2.24) is 0 Å². The van der Waals surface area contributed by atoms with Crippen molar-refractivity contribution in [3.05, 3.63) is 0 Å². The number of phosphoric acid groups is 2. The molecule has 0 aliphatic rings. The van der Waals surface area contributed by atoms with Crippen LogP contribution in [-0.2, 0) is 65.4 Å². The molecule has 6 atom stereocenters. The highest BCUT2D eigenvalue weighted by molar-refractivity contribution is 7.47. The van der Waals surface area contributed by atoms with Crippen LogP contribution in [0.1, 0.15) is 433 Å². The van der Waals surface area contributed by atoms with Gasteiger partial charge in [0.15, 0.2) is 12.2 Å². The number of carbonyl (C=O) groups excluding carboxylic acids is 4. The van der Waals surface area contributed by atoms with Crippen molar-refractivity contribution in [2.45, 2.75) is 452 Å². The highest BCUT2D eigenvalue weighted by Crippen LogP contribution is 2.45. The van der Waals surface area contributed by atoms with Crippen LogP contribution in [0.5, 0.6) is 0 Å². The number of aliphatic hydroxyl groups is 1. The van der Waals surface area contributed by atoms with Crippen LogP contribution in [0.4, 0.5) is 0 Å². The van der Waals surface area contributed by atoms with E-state index in [1.807, 2.05) is 0 Å². The maximum absolute atomic E-state index is 13.1. The summed E-state index contributed by atoms with van der Waals surface area (Å²) in [4.78, 5) is 73.0. The molecule has 0 heterocycles. The third-order valence-electron chi connectivity index (χ3n) is 19.6. The second-order valence-electron chi connectivity index (χ2n) is 30.2. The zero-order chi connectivity index (χ0) is 74.2. The van der Waals surface area contributed by atoms with Crippen molar-refractivity contribution < 1.29 is 80.2 Å². The molecular weight excluding hydrogens is 1320 g/mol. The van der Waals surface area contributed by atoms with Gasteiger partial charge in [0.25, 0.3) is 0 Å². The second kappa shape index (κ2) is 73.6. The van der Waals surface area contributed by atoms with E-state index in [-0.39, 0.29) is 25.7 Å². The number of ether oxygens (including phenoxy) is 4. The molecule has 17 nitrogen and oxygen atoms in total. The molecule has 0 aliphatic carbocycles. The Hall–Kier alpha value is -1.94. The van der Waals surface area contributed by atoms with Crippen LogP contribution in [0.25, 0.3) is 0 Å². The van der Waals surface area contributed by atoms with E-state index in [1.54, 1.807) is 0 Å². The standard InChI is InChI=1S/C82H160O17P2/c1-7-10-12-14-16-18-20-22-24-26-27-28-29-31-33-35-37-39-48-54-60-66-81(86)98-77(70-92-79(84)64-58-52-46-38-36-34-32-30-25-23-21-19-17-15-13-11-8-2)72-96-100(88,89)94-68-76(83)69-95-101(90,91)97-73-78(71-93-80(85)65-59-53-47-42-40-44-50-56-62-74(4)5)99-82(87)67-61-55-49-43-41-45-51-57-63-75(6)9-3/h74-78,83H,7-73H2,1-6H3,(H,88,89)(H,90,91)/t75?,76-,77-,78-/m1/s1. The van der Waals surface area contributed by atoms with E-state index in [2.05, 4.69) is 41.5 Å². The highest BCUT2D eigenvalue weighted by atomic mass is 31.2. The lowest BCUT2D eigenvalue weighted by Crippen LogP contribution is -2.30. The first-order valence-corrected chi connectivity index (χ1v) is 45.5. The molecule has 0 bridgehead atoms. The van der Waals surface area contributed by atoms with Gasteiger partial charge in [-0.2, -0.15) is 0 Å². The van der Waals surface area contributed by atoms with Crippen LogP contribution >= 0.6 is 15.6 Å². The molecule has 0 radical (unpaired) electrons. The van der Waals surface area contributed by atoms with Crippen LogP contribution in [0, 0.1) is 11.8 Å². The summed E-state index contributed by atoms with van der Waals surface area (Å²) in [7, 11) is -9.92. The molecule has 0 saturated heterocycles. The molecule has 0 amide bonds. The molecule has 0 saturated carbocycles. The lowest BCUT2D eigenvalue weighted by molar-refractivity contribution is -0.161. The first-order valence-electron chi connectivity index (χ1n) is 42.5.